The Balaban J connectivity index is 1.20. The molecule has 10 nitrogen and oxygen atoms in total. The number of nitrogens with zero attached hydrogens (tertiary/aromatic N) is 5. The fourth-order valence-electron chi connectivity index (χ4n) is 6.39. The maximum Gasteiger partial charge on any atom is 0.324 e. The number of unbranched alkanes of at least 4 members (excludes halogenated alkanes) is 2. The number of urea groups is 1. The number of hydrogen-bond acceptors (Lipinski definition) is 6. The molecule has 0 aliphatic carbocycles. The number of anilines is 1. The Morgan fingerprint density at radius 1 is 1.16 bits per heavy atom. The summed E-state index contributed by atoms with van der Waals surface area (Å²) in [5, 5.41) is 1.29. The van der Waals surface area contributed by atoms with E-state index in [2.05, 4.69) is 11.9 Å². The number of piperidine rings is 1. The first kappa shape index (κ1) is 29.6. The summed E-state index contributed by atoms with van der Waals surface area (Å²) in [7, 11) is 1.62. The second-order valence-corrected chi connectivity index (χ2v) is 12.1. The van der Waals surface area contributed by atoms with Crippen LogP contribution in [0.25, 0.3) is 11.0 Å². The van der Waals surface area contributed by atoms with E-state index >= 15 is 0 Å². The van der Waals surface area contributed by atoms with Crippen LogP contribution in [0.1, 0.15) is 57.6 Å². The lowest BCUT2D eigenvalue weighted by Gasteiger charge is -2.47. The average molecular weight is 610 g/mol. The molecular weight excluding hydrogens is 570 g/mol. The normalized spacial score (nSPS) is 20.7. The molecule has 1 aromatic carbocycles. The minimum Gasteiger partial charge on any atom is -0.493 e. The number of amides is 3. The molecule has 43 heavy (non-hydrogen) atoms. The van der Waals surface area contributed by atoms with Gasteiger partial charge in [-0.3, -0.25) is 9.69 Å². The molecule has 7 rings (SSSR count). The Morgan fingerprint density at radius 3 is 2.70 bits per heavy atom. The Hall–Kier alpha value is -3.50. The maximum atomic E-state index is 13.8. The van der Waals surface area contributed by atoms with Crippen molar-refractivity contribution in [2.24, 2.45) is 0 Å². The molecule has 4 fully saturated rings. The monoisotopic (exact) mass is 609 g/mol. The first-order chi connectivity index (χ1) is 20.9. The number of carbonyl (C=O) groups excluding carboxylic acids is 2. The van der Waals surface area contributed by atoms with Crippen molar-refractivity contribution in [3.8, 4) is 11.5 Å². The van der Waals surface area contributed by atoms with Crippen molar-refractivity contribution in [1.29, 1.82) is 0 Å². The summed E-state index contributed by atoms with van der Waals surface area (Å²) in [6, 6.07) is 7.01. The zero-order chi connectivity index (χ0) is 30.1. The van der Waals surface area contributed by atoms with E-state index < -0.39 is 6.04 Å². The van der Waals surface area contributed by atoms with Crippen LogP contribution in [-0.4, -0.2) is 83.4 Å². The number of hydrogen-bond donors (Lipinski definition) is 0. The Bertz CT molecular complexity index is 1480. The standard InChI is InChI=1S/C32H40ClN5O5/c1-4-5-6-14-42-28-15-23(8-9-27(28)41-3)37-13-7-12-35(32(37)40)17-22-10-11-34-30-29(22)26(33)20-38(30)21(2)31(39)36-18-24-16-25(19-36)43-24/h8-11,15,20-21,24-25H,4-7,12-14,16-19H2,1-3H3. The molecule has 2 bridgehead atoms. The van der Waals surface area contributed by atoms with Crippen LogP contribution in [0.15, 0.2) is 36.7 Å². The summed E-state index contributed by atoms with van der Waals surface area (Å²) < 4.78 is 19.1. The molecule has 2 aromatic heterocycles. The zero-order valence-electron chi connectivity index (χ0n) is 25.1. The fourth-order valence-corrected chi connectivity index (χ4v) is 6.70. The van der Waals surface area contributed by atoms with Gasteiger partial charge in [-0.05, 0) is 43.5 Å². The molecular formula is C32H40ClN5O5. The summed E-state index contributed by atoms with van der Waals surface area (Å²) in [6.45, 7) is 7.51. The number of benzene rings is 1. The van der Waals surface area contributed by atoms with Crippen molar-refractivity contribution in [1.82, 2.24) is 19.4 Å². The number of ether oxygens (including phenoxy) is 3. The number of rotatable bonds is 11. The van der Waals surface area contributed by atoms with E-state index in [0.717, 1.165) is 48.7 Å². The highest BCUT2D eigenvalue weighted by Crippen LogP contribution is 2.36. The van der Waals surface area contributed by atoms with Crippen molar-refractivity contribution in [2.75, 3.05) is 44.8 Å². The summed E-state index contributed by atoms with van der Waals surface area (Å²) in [5.41, 5.74) is 2.31. The molecule has 0 saturated carbocycles. The molecule has 230 valence electrons. The quantitative estimate of drug-likeness (QED) is 0.261. The van der Waals surface area contributed by atoms with E-state index in [9.17, 15) is 9.59 Å². The van der Waals surface area contributed by atoms with Crippen LogP contribution in [0.5, 0.6) is 11.5 Å². The maximum absolute atomic E-state index is 13.8. The van der Waals surface area contributed by atoms with Gasteiger partial charge in [0.2, 0.25) is 5.91 Å². The molecule has 3 amide bonds. The third-order valence-electron chi connectivity index (χ3n) is 8.73. The predicted octanol–water partition coefficient (Wildman–Crippen LogP) is 5.66. The van der Waals surface area contributed by atoms with Crippen molar-refractivity contribution in [3.05, 3.63) is 47.2 Å². The fraction of sp³-hybridized carbons (Fsp3) is 0.531. The topological polar surface area (TPSA) is 89.4 Å². The molecule has 0 spiro atoms. The van der Waals surface area contributed by atoms with Gasteiger partial charge < -0.3 is 28.6 Å². The van der Waals surface area contributed by atoms with Gasteiger partial charge in [0.05, 0.1) is 30.9 Å². The number of aromatic nitrogens is 2. The molecule has 0 N–H and O–H groups in total. The molecule has 0 radical (unpaired) electrons. The van der Waals surface area contributed by atoms with Gasteiger partial charge in [-0.25, -0.2) is 9.78 Å². The summed E-state index contributed by atoms with van der Waals surface area (Å²) in [4.78, 5) is 37.3. The van der Waals surface area contributed by atoms with Crippen LogP contribution in [0.4, 0.5) is 10.5 Å². The highest BCUT2D eigenvalue weighted by Gasteiger charge is 2.41. The highest BCUT2D eigenvalue weighted by molar-refractivity contribution is 6.35. The zero-order valence-corrected chi connectivity index (χ0v) is 25.9. The lowest BCUT2D eigenvalue weighted by molar-refractivity contribution is -0.189. The largest absolute Gasteiger partial charge is 0.493 e. The third kappa shape index (κ3) is 5.87. The number of morpholine rings is 1. The van der Waals surface area contributed by atoms with Crippen molar-refractivity contribution >= 4 is 40.3 Å². The van der Waals surface area contributed by atoms with Gasteiger partial charge >= 0.3 is 6.03 Å². The Labute approximate surface area is 257 Å². The van der Waals surface area contributed by atoms with Gasteiger partial charge in [0.1, 0.15) is 11.7 Å². The second-order valence-electron chi connectivity index (χ2n) is 11.7. The molecule has 4 aliphatic heterocycles. The molecule has 4 aliphatic rings. The van der Waals surface area contributed by atoms with Crippen LogP contribution in [0.3, 0.4) is 0 Å². The van der Waals surface area contributed by atoms with E-state index in [1.54, 1.807) is 24.4 Å². The van der Waals surface area contributed by atoms with E-state index in [1.165, 1.54) is 0 Å². The number of fused-ring (bicyclic) bond motifs is 3. The molecule has 3 atom stereocenters. The summed E-state index contributed by atoms with van der Waals surface area (Å²) >= 11 is 6.79. The summed E-state index contributed by atoms with van der Waals surface area (Å²) in [5.74, 6) is 1.33. The molecule has 6 heterocycles. The number of carbonyl (C=O) groups is 2. The average Bonchev–Trinajstić information content (AvgIpc) is 3.36. The summed E-state index contributed by atoms with van der Waals surface area (Å²) in [6.07, 6.45) is 8.83. The first-order valence-corrected chi connectivity index (χ1v) is 15.7. The van der Waals surface area contributed by atoms with E-state index in [-0.39, 0.29) is 24.1 Å². The first-order valence-electron chi connectivity index (χ1n) is 15.3. The van der Waals surface area contributed by atoms with Crippen LogP contribution < -0.4 is 14.4 Å². The second kappa shape index (κ2) is 12.6. The highest BCUT2D eigenvalue weighted by atomic mass is 35.5. The van der Waals surface area contributed by atoms with Crippen LogP contribution in [-0.2, 0) is 16.1 Å². The minimum absolute atomic E-state index is 0.0359. The number of methoxy groups -OCH3 is 1. The predicted molar refractivity (Wildman–Crippen MR) is 165 cm³/mol. The Morgan fingerprint density at radius 2 is 1.95 bits per heavy atom. The van der Waals surface area contributed by atoms with Gasteiger partial charge in [0.15, 0.2) is 11.5 Å². The van der Waals surface area contributed by atoms with E-state index in [0.29, 0.717) is 61.5 Å². The van der Waals surface area contributed by atoms with Gasteiger partial charge in [-0.2, -0.15) is 0 Å². The van der Waals surface area contributed by atoms with Gasteiger partial charge in [0.25, 0.3) is 0 Å². The van der Waals surface area contributed by atoms with E-state index in [4.69, 9.17) is 25.8 Å². The molecule has 3 aromatic rings. The van der Waals surface area contributed by atoms with Crippen molar-refractivity contribution in [3.63, 3.8) is 0 Å². The van der Waals surface area contributed by atoms with Crippen LogP contribution >= 0.6 is 11.6 Å². The van der Waals surface area contributed by atoms with Gasteiger partial charge in [-0.15, -0.1) is 0 Å². The van der Waals surface area contributed by atoms with Crippen molar-refractivity contribution in [2.45, 2.75) is 70.7 Å². The van der Waals surface area contributed by atoms with Gasteiger partial charge in [0, 0.05) is 68.7 Å². The van der Waals surface area contributed by atoms with Crippen LogP contribution in [0, 0.1) is 0 Å². The minimum atomic E-state index is -0.462. The Kier molecular flexibility index (Phi) is 8.68. The molecule has 11 heteroatoms. The lowest BCUT2D eigenvalue weighted by atomic mass is 9.98. The van der Waals surface area contributed by atoms with Crippen LogP contribution in [0.2, 0.25) is 5.02 Å². The lowest BCUT2D eigenvalue weighted by Crippen LogP contribution is -2.59. The smallest absolute Gasteiger partial charge is 0.324 e. The third-order valence-corrected chi connectivity index (χ3v) is 9.02. The number of pyridine rings is 1. The van der Waals surface area contributed by atoms with Crippen molar-refractivity contribution < 1.29 is 23.8 Å². The molecule has 4 saturated heterocycles. The number of halogens is 1. The van der Waals surface area contributed by atoms with E-state index in [1.807, 2.05) is 45.6 Å². The SMILES string of the molecule is CCCCCOc1cc(N2CCCN(Cc3ccnc4c3c(Cl)cn4C(C)C(=O)N3CC4CC(C3)O4)C2=O)ccc1OC. The van der Waals surface area contributed by atoms with Gasteiger partial charge in [-0.1, -0.05) is 31.4 Å². The molecule has 3 unspecified atom stereocenters.